The molecule has 0 aliphatic carbocycles. The Balaban J connectivity index is 1.71. The molecule has 5 nitrogen and oxygen atoms in total. The second-order valence-electron chi connectivity index (χ2n) is 6.98. The first-order valence-electron chi connectivity index (χ1n) is 9.23. The fourth-order valence-corrected chi connectivity index (χ4v) is 4.96. The van der Waals surface area contributed by atoms with Crippen molar-refractivity contribution in [2.24, 2.45) is 0 Å². The molecule has 1 aliphatic heterocycles. The molecular weight excluding hydrogens is 390 g/mol. The predicted molar refractivity (Wildman–Crippen MR) is 117 cm³/mol. The lowest BCUT2D eigenvalue weighted by atomic mass is 10.0. The number of fused-ring (bicyclic) bond motifs is 1. The summed E-state index contributed by atoms with van der Waals surface area (Å²) >= 11 is 2.75. The highest BCUT2D eigenvalue weighted by atomic mass is 32.2. The summed E-state index contributed by atoms with van der Waals surface area (Å²) in [5.41, 5.74) is 2.85. The van der Waals surface area contributed by atoms with Gasteiger partial charge in [0, 0.05) is 12.3 Å². The summed E-state index contributed by atoms with van der Waals surface area (Å²) in [6, 6.07) is 15.9. The van der Waals surface area contributed by atoms with Gasteiger partial charge in [-0.1, -0.05) is 61.2 Å². The number of benzene rings is 2. The molecule has 2 aromatic carbocycles. The molecule has 2 heterocycles. The first-order chi connectivity index (χ1) is 13.5. The highest BCUT2D eigenvalue weighted by molar-refractivity contribution is 8.13. The lowest BCUT2D eigenvalue weighted by Gasteiger charge is -2.23. The van der Waals surface area contributed by atoms with E-state index in [1.165, 1.54) is 28.7 Å². The fourth-order valence-electron chi connectivity index (χ4n) is 3.13. The van der Waals surface area contributed by atoms with Crippen molar-refractivity contribution in [1.29, 1.82) is 0 Å². The molecule has 7 heteroatoms. The Labute approximate surface area is 172 Å². The molecule has 28 heavy (non-hydrogen) atoms. The van der Waals surface area contributed by atoms with Gasteiger partial charge >= 0.3 is 0 Å². The Hall–Kier alpha value is -2.38. The zero-order chi connectivity index (χ0) is 19.7. The summed E-state index contributed by atoms with van der Waals surface area (Å²) in [5, 5.41) is 0.593. The Bertz CT molecular complexity index is 981. The van der Waals surface area contributed by atoms with Crippen molar-refractivity contribution in [3.63, 3.8) is 0 Å². The number of carbonyl (C=O) groups excluding carboxylic acids is 2. The van der Waals surface area contributed by atoms with Gasteiger partial charge in [0.15, 0.2) is 5.13 Å². The molecule has 0 bridgehead atoms. The molecule has 1 aromatic heterocycles. The average Bonchev–Trinajstić information content (AvgIpc) is 3.28. The number of carbonyl (C=O) groups is 2. The van der Waals surface area contributed by atoms with E-state index < -0.39 is 0 Å². The number of hydrogen-bond acceptors (Lipinski definition) is 5. The van der Waals surface area contributed by atoms with Gasteiger partial charge in [-0.15, -0.1) is 0 Å². The quantitative estimate of drug-likeness (QED) is 0.575. The van der Waals surface area contributed by atoms with E-state index in [1.54, 1.807) is 9.80 Å². The van der Waals surface area contributed by atoms with Crippen LogP contribution in [0, 0.1) is 0 Å². The number of para-hydroxylation sites is 1. The van der Waals surface area contributed by atoms with Gasteiger partial charge in [-0.3, -0.25) is 14.5 Å². The van der Waals surface area contributed by atoms with Gasteiger partial charge in [0.2, 0.25) is 0 Å². The number of amides is 2. The molecule has 0 spiro atoms. The third-order valence-electron chi connectivity index (χ3n) is 4.71. The van der Waals surface area contributed by atoms with Crippen molar-refractivity contribution in [2.75, 3.05) is 23.7 Å². The molecule has 4 rings (SSSR count). The van der Waals surface area contributed by atoms with Crippen LogP contribution in [0.4, 0.5) is 15.6 Å². The molecule has 0 unspecified atom stereocenters. The maximum Gasteiger partial charge on any atom is 0.282 e. The molecule has 0 radical (unpaired) electrons. The Morgan fingerprint density at radius 1 is 1.18 bits per heavy atom. The van der Waals surface area contributed by atoms with Crippen molar-refractivity contribution < 1.29 is 9.59 Å². The lowest BCUT2D eigenvalue weighted by Crippen LogP contribution is -2.38. The first-order valence-corrected chi connectivity index (χ1v) is 11.0. The van der Waals surface area contributed by atoms with Gasteiger partial charge in [0.1, 0.15) is 6.54 Å². The lowest BCUT2D eigenvalue weighted by molar-refractivity contribution is -0.118. The zero-order valence-corrected chi connectivity index (χ0v) is 17.4. The van der Waals surface area contributed by atoms with E-state index in [4.69, 9.17) is 0 Å². The van der Waals surface area contributed by atoms with Gasteiger partial charge in [0.05, 0.1) is 15.9 Å². The van der Waals surface area contributed by atoms with Gasteiger partial charge in [-0.25, -0.2) is 4.98 Å². The van der Waals surface area contributed by atoms with Crippen LogP contribution >= 0.6 is 23.1 Å². The van der Waals surface area contributed by atoms with E-state index in [0.717, 1.165) is 21.7 Å². The standard InChI is InChI=1S/C21H21N3O2S2/c1-14(2)15-7-9-16(10-8-15)24(19(25)13-23-11-12-27-21(23)26)20-22-17-5-3-4-6-18(17)28-20/h3-10,14H,11-13H2,1-2H3. The van der Waals surface area contributed by atoms with Crippen molar-refractivity contribution in [1.82, 2.24) is 9.88 Å². The van der Waals surface area contributed by atoms with Gasteiger partial charge in [0.25, 0.3) is 11.1 Å². The van der Waals surface area contributed by atoms with Gasteiger partial charge in [-0.05, 0) is 35.7 Å². The Kier molecular flexibility index (Phi) is 5.37. The summed E-state index contributed by atoms with van der Waals surface area (Å²) in [4.78, 5) is 33.1. The molecule has 1 saturated heterocycles. The highest BCUT2D eigenvalue weighted by Crippen LogP contribution is 2.34. The molecule has 1 aliphatic rings. The van der Waals surface area contributed by atoms with Crippen molar-refractivity contribution in [3.05, 3.63) is 54.1 Å². The summed E-state index contributed by atoms with van der Waals surface area (Å²) in [6.07, 6.45) is 0. The number of anilines is 2. The third-order valence-corrected chi connectivity index (χ3v) is 6.63. The van der Waals surface area contributed by atoms with Crippen LogP contribution < -0.4 is 4.90 Å². The Morgan fingerprint density at radius 3 is 2.57 bits per heavy atom. The van der Waals surface area contributed by atoms with Crippen LogP contribution in [-0.4, -0.2) is 39.9 Å². The molecule has 2 amide bonds. The molecule has 0 atom stereocenters. The minimum atomic E-state index is -0.146. The molecule has 0 N–H and O–H groups in total. The van der Waals surface area contributed by atoms with Crippen molar-refractivity contribution in [3.8, 4) is 0 Å². The maximum absolute atomic E-state index is 13.2. The molecule has 3 aromatic rings. The summed E-state index contributed by atoms with van der Waals surface area (Å²) in [7, 11) is 0. The number of nitrogens with zero attached hydrogens (tertiary/aromatic N) is 3. The van der Waals surface area contributed by atoms with Gasteiger partial charge in [-0.2, -0.15) is 0 Å². The molecular formula is C21H21N3O2S2. The first kappa shape index (κ1) is 19.0. The van der Waals surface area contributed by atoms with E-state index in [0.29, 0.717) is 17.6 Å². The maximum atomic E-state index is 13.2. The minimum Gasteiger partial charge on any atom is -0.323 e. The SMILES string of the molecule is CC(C)c1ccc(N(C(=O)CN2CCSC2=O)c2nc3ccccc3s2)cc1. The van der Waals surface area contributed by atoms with Crippen LogP contribution in [0.3, 0.4) is 0 Å². The molecule has 1 fully saturated rings. The third kappa shape index (κ3) is 3.77. The number of thiazole rings is 1. The van der Waals surface area contributed by atoms with E-state index >= 15 is 0 Å². The van der Waals surface area contributed by atoms with Crippen molar-refractivity contribution in [2.45, 2.75) is 19.8 Å². The zero-order valence-electron chi connectivity index (χ0n) is 15.8. The van der Waals surface area contributed by atoms with Crippen LogP contribution in [0.1, 0.15) is 25.3 Å². The van der Waals surface area contributed by atoms with E-state index in [1.807, 2.05) is 48.5 Å². The topological polar surface area (TPSA) is 53.5 Å². The van der Waals surface area contributed by atoms with Crippen LogP contribution in [0.2, 0.25) is 0 Å². The number of aromatic nitrogens is 1. The summed E-state index contributed by atoms with van der Waals surface area (Å²) in [6.45, 7) is 4.95. The number of rotatable bonds is 5. The smallest absolute Gasteiger partial charge is 0.282 e. The highest BCUT2D eigenvalue weighted by Gasteiger charge is 2.28. The van der Waals surface area contributed by atoms with Gasteiger partial charge < -0.3 is 4.90 Å². The summed E-state index contributed by atoms with van der Waals surface area (Å²) in [5.74, 6) is 1.00. The monoisotopic (exact) mass is 411 g/mol. The Morgan fingerprint density at radius 2 is 1.93 bits per heavy atom. The average molecular weight is 412 g/mol. The normalized spacial score (nSPS) is 14.2. The summed E-state index contributed by atoms with van der Waals surface area (Å²) < 4.78 is 1.03. The van der Waals surface area contributed by atoms with Crippen LogP contribution in [-0.2, 0) is 4.79 Å². The second-order valence-corrected chi connectivity index (χ2v) is 9.03. The van der Waals surface area contributed by atoms with Crippen LogP contribution in [0.25, 0.3) is 10.2 Å². The van der Waals surface area contributed by atoms with E-state index in [9.17, 15) is 9.59 Å². The largest absolute Gasteiger partial charge is 0.323 e. The minimum absolute atomic E-state index is 0.0345. The number of hydrogen-bond donors (Lipinski definition) is 0. The fraction of sp³-hybridized carbons (Fsp3) is 0.286. The van der Waals surface area contributed by atoms with E-state index in [-0.39, 0.29) is 17.7 Å². The van der Waals surface area contributed by atoms with Crippen LogP contribution in [0.5, 0.6) is 0 Å². The second kappa shape index (κ2) is 7.93. The van der Waals surface area contributed by atoms with Crippen molar-refractivity contribution >= 4 is 55.3 Å². The van der Waals surface area contributed by atoms with Crippen LogP contribution in [0.15, 0.2) is 48.5 Å². The molecule has 0 saturated carbocycles. The predicted octanol–water partition coefficient (Wildman–Crippen LogP) is 5.25. The molecule has 144 valence electrons. The van der Waals surface area contributed by atoms with E-state index in [2.05, 4.69) is 18.8 Å². The number of thioether (sulfide) groups is 1.